The van der Waals surface area contributed by atoms with Crippen molar-refractivity contribution in [2.24, 2.45) is 5.92 Å². The molecule has 0 aromatic rings. The van der Waals surface area contributed by atoms with E-state index in [1.54, 1.807) is 6.92 Å². The van der Waals surface area contributed by atoms with Crippen LogP contribution in [0.15, 0.2) is 0 Å². The van der Waals surface area contributed by atoms with Crippen molar-refractivity contribution in [3.63, 3.8) is 0 Å². The maximum atomic E-state index is 11.7. The zero-order valence-electron chi connectivity index (χ0n) is 11.5. The molecule has 1 rings (SSSR count). The molecule has 1 aliphatic rings. The molecule has 1 saturated heterocycles. The van der Waals surface area contributed by atoms with Crippen LogP contribution >= 0.6 is 0 Å². The molecule has 0 saturated carbocycles. The quantitative estimate of drug-likeness (QED) is 0.591. The Morgan fingerprint density at radius 1 is 1.45 bits per heavy atom. The molecule has 0 aromatic heterocycles. The number of rotatable bonds is 5. The van der Waals surface area contributed by atoms with Gasteiger partial charge < -0.3 is 15.7 Å². The highest BCUT2D eigenvalue weighted by Crippen LogP contribution is 2.11. The summed E-state index contributed by atoms with van der Waals surface area (Å²) in [5.41, 5.74) is 0. The third-order valence-corrected chi connectivity index (χ3v) is 3.09. The Labute approximate surface area is 116 Å². The van der Waals surface area contributed by atoms with Crippen LogP contribution in [-0.4, -0.2) is 53.5 Å². The van der Waals surface area contributed by atoms with Gasteiger partial charge >= 0.3 is 12.0 Å². The van der Waals surface area contributed by atoms with E-state index in [0.29, 0.717) is 0 Å². The van der Waals surface area contributed by atoms with Crippen LogP contribution < -0.4 is 10.6 Å². The number of imide groups is 1. The van der Waals surface area contributed by atoms with Crippen molar-refractivity contribution >= 4 is 23.8 Å². The standard InChI is InChI=1S/C12H19N3O5/c1-7(5-10(17)18)6-13-12(20)14-8-3-4-9(16)15(2)11(8)19/h7-8H,3-6H2,1-2H3,(H,17,18)(H2,13,14,20). The molecule has 20 heavy (non-hydrogen) atoms. The molecule has 0 aromatic carbocycles. The number of nitrogens with one attached hydrogen (secondary N) is 2. The number of nitrogens with zero attached hydrogens (tertiary/aromatic N) is 1. The van der Waals surface area contributed by atoms with Crippen LogP contribution in [-0.2, 0) is 14.4 Å². The van der Waals surface area contributed by atoms with Crippen LogP contribution in [0.2, 0.25) is 0 Å². The van der Waals surface area contributed by atoms with E-state index in [9.17, 15) is 19.2 Å². The van der Waals surface area contributed by atoms with Gasteiger partial charge in [0.1, 0.15) is 6.04 Å². The molecule has 2 unspecified atom stereocenters. The number of amides is 4. The highest BCUT2D eigenvalue weighted by atomic mass is 16.4. The highest BCUT2D eigenvalue weighted by molar-refractivity contribution is 6.01. The molecule has 112 valence electrons. The summed E-state index contributed by atoms with van der Waals surface area (Å²) in [6, 6.07) is -1.25. The lowest BCUT2D eigenvalue weighted by atomic mass is 10.1. The summed E-state index contributed by atoms with van der Waals surface area (Å²) >= 11 is 0. The van der Waals surface area contributed by atoms with E-state index in [0.717, 1.165) is 4.90 Å². The Hall–Kier alpha value is -2.12. The molecule has 1 fully saturated rings. The van der Waals surface area contributed by atoms with Crippen LogP contribution in [0.1, 0.15) is 26.2 Å². The lowest BCUT2D eigenvalue weighted by molar-refractivity contribution is -0.147. The zero-order chi connectivity index (χ0) is 15.3. The number of piperidine rings is 1. The first-order valence-electron chi connectivity index (χ1n) is 6.37. The van der Waals surface area contributed by atoms with Gasteiger partial charge in [-0.15, -0.1) is 0 Å². The van der Waals surface area contributed by atoms with Gasteiger partial charge in [0.05, 0.1) is 0 Å². The third-order valence-electron chi connectivity index (χ3n) is 3.09. The molecule has 1 aliphatic heterocycles. The van der Waals surface area contributed by atoms with Crippen molar-refractivity contribution in [3.05, 3.63) is 0 Å². The van der Waals surface area contributed by atoms with Crippen LogP contribution in [0.5, 0.6) is 0 Å². The summed E-state index contributed by atoms with van der Waals surface area (Å²) in [6.07, 6.45) is 0.447. The van der Waals surface area contributed by atoms with Crippen LogP contribution in [0.4, 0.5) is 4.79 Å². The van der Waals surface area contributed by atoms with Gasteiger partial charge in [-0.3, -0.25) is 19.3 Å². The van der Waals surface area contributed by atoms with Crippen LogP contribution in [0.25, 0.3) is 0 Å². The minimum absolute atomic E-state index is 0.0418. The number of hydrogen-bond donors (Lipinski definition) is 3. The Bertz CT molecular complexity index is 423. The van der Waals surface area contributed by atoms with Gasteiger partial charge in [-0.25, -0.2) is 4.79 Å². The molecule has 2 atom stereocenters. The van der Waals surface area contributed by atoms with Gasteiger partial charge in [0.15, 0.2) is 0 Å². The zero-order valence-corrected chi connectivity index (χ0v) is 11.5. The first kappa shape index (κ1) is 15.9. The number of carboxylic acids is 1. The van der Waals surface area contributed by atoms with Gasteiger partial charge in [-0.05, 0) is 12.3 Å². The van der Waals surface area contributed by atoms with E-state index in [4.69, 9.17) is 5.11 Å². The fourth-order valence-electron chi connectivity index (χ4n) is 1.90. The molecular formula is C12H19N3O5. The Morgan fingerprint density at radius 2 is 2.10 bits per heavy atom. The van der Waals surface area contributed by atoms with Gasteiger partial charge in [0, 0.05) is 26.4 Å². The van der Waals surface area contributed by atoms with Gasteiger partial charge in [-0.2, -0.15) is 0 Å². The van der Waals surface area contributed by atoms with Gasteiger partial charge in [0.25, 0.3) is 5.91 Å². The summed E-state index contributed by atoms with van der Waals surface area (Å²) in [4.78, 5) is 46.1. The molecular weight excluding hydrogens is 266 g/mol. The van der Waals surface area contributed by atoms with Crippen molar-refractivity contribution in [2.75, 3.05) is 13.6 Å². The lowest BCUT2D eigenvalue weighted by Gasteiger charge is -2.28. The number of urea groups is 1. The Kier molecular flexibility index (Phi) is 5.48. The topological polar surface area (TPSA) is 116 Å². The van der Waals surface area contributed by atoms with Crippen molar-refractivity contribution in [1.29, 1.82) is 0 Å². The number of likely N-dealkylation sites (N-methyl/N-ethyl adjacent to an activating group) is 1. The molecule has 8 heteroatoms. The molecule has 4 amide bonds. The molecule has 8 nitrogen and oxygen atoms in total. The van der Waals surface area contributed by atoms with Crippen LogP contribution in [0, 0.1) is 5.92 Å². The second kappa shape index (κ2) is 6.88. The molecule has 3 N–H and O–H groups in total. The fraction of sp³-hybridized carbons (Fsp3) is 0.667. The third kappa shape index (κ3) is 4.52. The predicted molar refractivity (Wildman–Crippen MR) is 68.8 cm³/mol. The number of hydrogen-bond acceptors (Lipinski definition) is 4. The van der Waals surface area contributed by atoms with Crippen molar-refractivity contribution < 1.29 is 24.3 Å². The number of aliphatic carboxylic acids is 1. The number of carboxylic acid groups (broad SMARTS) is 1. The first-order valence-corrected chi connectivity index (χ1v) is 6.37. The van der Waals surface area contributed by atoms with E-state index in [1.165, 1.54) is 7.05 Å². The van der Waals surface area contributed by atoms with E-state index in [2.05, 4.69) is 10.6 Å². The van der Waals surface area contributed by atoms with Crippen molar-refractivity contribution in [1.82, 2.24) is 15.5 Å². The van der Waals surface area contributed by atoms with Gasteiger partial charge in [0.2, 0.25) is 5.91 Å². The largest absolute Gasteiger partial charge is 0.481 e. The molecule has 0 aliphatic carbocycles. The normalized spacial score (nSPS) is 20.5. The summed E-state index contributed by atoms with van der Waals surface area (Å²) < 4.78 is 0. The maximum Gasteiger partial charge on any atom is 0.315 e. The van der Waals surface area contributed by atoms with Crippen molar-refractivity contribution in [3.8, 4) is 0 Å². The van der Waals surface area contributed by atoms with E-state index >= 15 is 0 Å². The Balaban J connectivity index is 2.37. The predicted octanol–water partition coefficient (Wildman–Crippen LogP) is -0.456. The smallest absolute Gasteiger partial charge is 0.315 e. The second-order valence-corrected chi connectivity index (χ2v) is 4.94. The molecule has 0 bridgehead atoms. The van der Waals surface area contributed by atoms with Gasteiger partial charge in [-0.1, -0.05) is 6.92 Å². The van der Waals surface area contributed by atoms with Crippen molar-refractivity contribution in [2.45, 2.75) is 32.2 Å². The minimum atomic E-state index is -0.928. The number of carbonyl (C=O) groups excluding carboxylic acids is 3. The molecule has 1 heterocycles. The van der Waals surface area contributed by atoms with E-state index in [-0.39, 0.29) is 37.6 Å². The SMILES string of the molecule is CC(CNC(=O)NC1CCC(=O)N(C)C1=O)CC(=O)O. The number of carbonyl (C=O) groups is 4. The monoisotopic (exact) mass is 285 g/mol. The van der Waals surface area contributed by atoms with E-state index < -0.39 is 23.9 Å². The summed E-state index contributed by atoms with van der Waals surface area (Å²) in [5.74, 6) is -1.83. The highest BCUT2D eigenvalue weighted by Gasteiger charge is 2.32. The summed E-state index contributed by atoms with van der Waals surface area (Å²) in [6.45, 7) is 1.90. The molecule has 0 spiro atoms. The van der Waals surface area contributed by atoms with Crippen LogP contribution in [0.3, 0.4) is 0 Å². The Morgan fingerprint density at radius 3 is 2.70 bits per heavy atom. The lowest BCUT2D eigenvalue weighted by Crippen LogP contribution is -2.55. The maximum absolute atomic E-state index is 11.7. The fourth-order valence-corrected chi connectivity index (χ4v) is 1.90. The van der Waals surface area contributed by atoms with E-state index in [1.807, 2.05) is 0 Å². The average molecular weight is 285 g/mol. The summed E-state index contributed by atoms with van der Waals surface area (Å²) in [7, 11) is 1.38. The average Bonchev–Trinajstić information content (AvgIpc) is 2.36. The summed E-state index contributed by atoms with van der Waals surface area (Å²) in [5, 5.41) is 13.6. The molecule has 0 radical (unpaired) electrons. The second-order valence-electron chi connectivity index (χ2n) is 4.94. The minimum Gasteiger partial charge on any atom is -0.481 e. The number of likely N-dealkylation sites (tertiary alicyclic amines) is 1. The first-order chi connectivity index (χ1) is 9.31.